The lowest BCUT2D eigenvalue weighted by molar-refractivity contribution is -0.116. The van der Waals surface area contributed by atoms with E-state index >= 15 is 0 Å². The molecule has 138 valence electrons. The van der Waals surface area contributed by atoms with Gasteiger partial charge in [-0.1, -0.05) is 30.3 Å². The molecule has 7 heteroatoms. The first-order chi connectivity index (χ1) is 13.7. The molecule has 0 aliphatic carbocycles. The summed E-state index contributed by atoms with van der Waals surface area (Å²) in [6, 6.07) is 17.8. The van der Waals surface area contributed by atoms with Crippen molar-refractivity contribution in [2.75, 3.05) is 11.9 Å². The summed E-state index contributed by atoms with van der Waals surface area (Å²) in [6.07, 6.45) is 4.07. The van der Waals surface area contributed by atoms with E-state index in [1.807, 2.05) is 54.6 Å². The maximum absolute atomic E-state index is 11.3. The fourth-order valence-electron chi connectivity index (χ4n) is 3.10. The molecule has 2 aromatic carbocycles. The minimum Gasteiger partial charge on any atom is -0.373 e. The Kier molecular flexibility index (Phi) is 4.55. The third kappa shape index (κ3) is 3.33. The third-order valence-electron chi connectivity index (χ3n) is 4.37. The zero-order valence-corrected chi connectivity index (χ0v) is 14.9. The number of nitrogens with zero attached hydrogens (tertiary/aromatic N) is 3. The number of aromatic nitrogens is 3. The first kappa shape index (κ1) is 17.4. The van der Waals surface area contributed by atoms with Gasteiger partial charge in [-0.05, 0) is 35.4 Å². The van der Waals surface area contributed by atoms with Crippen LogP contribution in [-0.2, 0) is 4.79 Å². The van der Waals surface area contributed by atoms with Gasteiger partial charge in [-0.2, -0.15) is 5.10 Å². The van der Waals surface area contributed by atoms with Crippen molar-refractivity contribution in [3.63, 3.8) is 0 Å². The summed E-state index contributed by atoms with van der Waals surface area (Å²) >= 11 is 0. The molecule has 2 aromatic heterocycles. The average Bonchev–Trinajstić information content (AvgIpc) is 3.15. The predicted octanol–water partition coefficient (Wildman–Crippen LogP) is 2.80. The molecule has 1 amide bonds. The van der Waals surface area contributed by atoms with Gasteiger partial charge in [0, 0.05) is 11.6 Å². The third-order valence-corrected chi connectivity index (χ3v) is 4.37. The number of fused-ring (bicyclic) bond motifs is 1. The fourth-order valence-corrected chi connectivity index (χ4v) is 3.10. The molecule has 28 heavy (non-hydrogen) atoms. The van der Waals surface area contributed by atoms with E-state index in [1.165, 1.54) is 0 Å². The number of nitrogens with two attached hydrogens (primary N) is 1. The zero-order chi connectivity index (χ0) is 19.5. The van der Waals surface area contributed by atoms with E-state index in [-0.39, 0.29) is 12.2 Å². The van der Waals surface area contributed by atoms with Gasteiger partial charge >= 0.3 is 0 Å². The number of pyridine rings is 1. The first-order valence-electron chi connectivity index (χ1n) is 8.67. The lowest BCUT2D eigenvalue weighted by atomic mass is 10.0. The lowest BCUT2D eigenvalue weighted by Gasteiger charge is -2.08. The molecule has 0 bridgehead atoms. The standard InChI is InChI=1S/C21H17N5O2/c22-21(28)11-24-19-12-26(25-20(19)13-27)15-5-1-4-14(10-15)16-6-2-8-18-17(16)7-3-9-23-18/h1-10,12-13,24H,11H2,(H2,22,28). The summed E-state index contributed by atoms with van der Waals surface area (Å²) in [7, 11) is 0. The van der Waals surface area contributed by atoms with Gasteiger partial charge < -0.3 is 11.1 Å². The van der Waals surface area contributed by atoms with Crippen LogP contribution < -0.4 is 11.1 Å². The highest BCUT2D eigenvalue weighted by atomic mass is 16.1. The van der Waals surface area contributed by atoms with Crippen LogP contribution in [0.1, 0.15) is 10.5 Å². The second kappa shape index (κ2) is 7.32. The van der Waals surface area contributed by atoms with Crippen LogP contribution in [0.15, 0.2) is 67.0 Å². The number of amides is 1. The number of primary amides is 1. The number of carbonyl (C=O) groups excluding carboxylic acids is 2. The smallest absolute Gasteiger partial charge is 0.236 e. The summed E-state index contributed by atoms with van der Waals surface area (Å²) in [6.45, 7) is -0.0738. The predicted molar refractivity (Wildman–Crippen MR) is 107 cm³/mol. The SMILES string of the molecule is NC(=O)CNc1cn(-c2cccc(-c3cccc4ncccc34)c2)nc1C=O. The molecular weight excluding hydrogens is 354 g/mol. The molecule has 0 saturated heterocycles. The minimum absolute atomic E-state index is 0.0738. The minimum atomic E-state index is -0.517. The van der Waals surface area contributed by atoms with E-state index < -0.39 is 5.91 Å². The number of benzene rings is 2. The fraction of sp³-hybridized carbons (Fsp3) is 0.0476. The topological polar surface area (TPSA) is 103 Å². The first-order valence-corrected chi connectivity index (χ1v) is 8.67. The summed E-state index contributed by atoms with van der Waals surface area (Å²) in [4.78, 5) is 26.7. The van der Waals surface area contributed by atoms with Crippen molar-refractivity contribution in [1.82, 2.24) is 14.8 Å². The number of carbonyl (C=O) groups is 2. The molecule has 0 saturated carbocycles. The normalized spacial score (nSPS) is 10.7. The highest BCUT2D eigenvalue weighted by Crippen LogP contribution is 2.29. The Morgan fingerprint density at radius 1 is 1.14 bits per heavy atom. The summed E-state index contributed by atoms with van der Waals surface area (Å²) < 4.78 is 1.60. The molecule has 0 aliphatic rings. The maximum atomic E-state index is 11.3. The highest BCUT2D eigenvalue weighted by molar-refractivity contribution is 5.94. The van der Waals surface area contributed by atoms with Gasteiger partial charge in [-0.15, -0.1) is 0 Å². The van der Waals surface area contributed by atoms with Crippen LogP contribution in [0.3, 0.4) is 0 Å². The number of hydrogen-bond acceptors (Lipinski definition) is 5. The van der Waals surface area contributed by atoms with Crippen molar-refractivity contribution in [2.24, 2.45) is 5.73 Å². The molecule has 4 rings (SSSR count). The Bertz CT molecular complexity index is 1180. The maximum Gasteiger partial charge on any atom is 0.236 e. The van der Waals surface area contributed by atoms with Gasteiger partial charge in [0.25, 0.3) is 0 Å². The van der Waals surface area contributed by atoms with Crippen molar-refractivity contribution < 1.29 is 9.59 Å². The Morgan fingerprint density at radius 2 is 2.00 bits per heavy atom. The van der Waals surface area contributed by atoms with E-state index in [4.69, 9.17) is 5.73 Å². The molecule has 0 aliphatic heterocycles. The van der Waals surface area contributed by atoms with E-state index in [0.29, 0.717) is 12.0 Å². The molecule has 3 N–H and O–H groups in total. The molecule has 0 fully saturated rings. The molecular formula is C21H17N5O2. The second-order valence-corrected chi connectivity index (χ2v) is 6.24. The van der Waals surface area contributed by atoms with Crippen LogP contribution in [0.25, 0.3) is 27.7 Å². The molecule has 2 heterocycles. The number of hydrogen-bond donors (Lipinski definition) is 2. The van der Waals surface area contributed by atoms with Crippen LogP contribution >= 0.6 is 0 Å². The summed E-state index contributed by atoms with van der Waals surface area (Å²) in [5, 5.41) is 8.18. The van der Waals surface area contributed by atoms with Crippen molar-refractivity contribution in [3.05, 3.63) is 72.7 Å². The highest BCUT2D eigenvalue weighted by Gasteiger charge is 2.11. The lowest BCUT2D eigenvalue weighted by Crippen LogP contribution is -2.22. The van der Waals surface area contributed by atoms with Crippen LogP contribution in [0.5, 0.6) is 0 Å². The Hall–Kier alpha value is -4.00. The van der Waals surface area contributed by atoms with Gasteiger partial charge in [0.05, 0.1) is 29.6 Å². The molecule has 0 unspecified atom stereocenters. The van der Waals surface area contributed by atoms with E-state index in [2.05, 4.69) is 15.4 Å². The van der Waals surface area contributed by atoms with Gasteiger partial charge in [0.1, 0.15) is 5.69 Å². The quantitative estimate of drug-likeness (QED) is 0.507. The molecule has 7 nitrogen and oxygen atoms in total. The number of rotatable bonds is 6. The van der Waals surface area contributed by atoms with E-state index in [0.717, 1.165) is 27.7 Å². The molecule has 4 aromatic rings. The largest absolute Gasteiger partial charge is 0.373 e. The van der Waals surface area contributed by atoms with Gasteiger partial charge in [0.2, 0.25) is 5.91 Å². The number of aldehydes is 1. The molecule has 0 spiro atoms. The summed E-state index contributed by atoms with van der Waals surface area (Å²) in [5.41, 5.74) is 9.59. The van der Waals surface area contributed by atoms with Gasteiger partial charge in [-0.3, -0.25) is 14.6 Å². The van der Waals surface area contributed by atoms with Crippen molar-refractivity contribution >= 4 is 28.8 Å². The monoisotopic (exact) mass is 371 g/mol. The van der Waals surface area contributed by atoms with E-state index in [1.54, 1.807) is 17.1 Å². The van der Waals surface area contributed by atoms with Crippen molar-refractivity contribution in [1.29, 1.82) is 0 Å². The van der Waals surface area contributed by atoms with Crippen LogP contribution in [0.2, 0.25) is 0 Å². The Labute approximate surface area is 160 Å². The summed E-state index contributed by atoms with van der Waals surface area (Å²) in [5.74, 6) is -0.517. The number of nitrogens with one attached hydrogen (secondary N) is 1. The Balaban J connectivity index is 1.75. The Morgan fingerprint density at radius 3 is 2.82 bits per heavy atom. The van der Waals surface area contributed by atoms with Crippen molar-refractivity contribution in [3.8, 4) is 16.8 Å². The number of anilines is 1. The van der Waals surface area contributed by atoms with Gasteiger partial charge in [0.15, 0.2) is 6.29 Å². The van der Waals surface area contributed by atoms with Crippen LogP contribution in [-0.4, -0.2) is 33.5 Å². The zero-order valence-electron chi connectivity index (χ0n) is 14.9. The second-order valence-electron chi connectivity index (χ2n) is 6.24. The molecule has 0 atom stereocenters. The van der Waals surface area contributed by atoms with Gasteiger partial charge in [-0.25, -0.2) is 4.68 Å². The van der Waals surface area contributed by atoms with Crippen LogP contribution in [0, 0.1) is 0 Å². The molecule has 0 radical (unpaired) electrons. The van der Waals surface area contributed by atoms with E-state index in [9.17, 15) is 9.59 Å². The van der Waals surface area contributed by atoms with Crippen LogP contribution in [0.4, 0.5) is 5.69 Å². The average molecular weight is 371 g/mol. The van der Waals surface area contributed by atoms with Crippen molar-refractivity contribution in [2.45, 2.75) is 0 Å².